The van der Waals surface area contributed by atoms with Crippen LogP contribution in [0, 0.1) is 6.92 Å². The van der Waals surface area contributed by atoms with Crippen LogP contribution in [0.25, 0.3) is 0 Å². The van der Waals surface area contributed by atoms with E-state index in [1.807, 2.05) is 31.2 Å². The smallest absolute Gasteiger partial charge is 0.176 e. The topological polar surface area (TPSA) is 23.6 Å². The molecule has 136 valence electrons. The fraction of sp³-hybridized carbons (Fsp3) is 0.350. The number of rotatable bonds is 5. The van der Waals surface area contributed by atoms with Gasteiger partial charge in [0.1, 0.15) is 0 Å². The number of hydrogen-bond donors (Lipinski definition) is 0. The molecule has 1 aliphatic heterocycles. The molecule has 0 saturated carbocycles. The van der Waals surface area contributed by atoms with Crippen molar-refractivity contribution in [1.29, 1.82) is 0 Å². The van der Waals surface area contributed by atoms with Gasteiger partial charge in [-0.2, -0.15) is 0 Å². The number of nitrogens with zero attached hydrogens (tertiary/aromatic N) is 2. The summed E-state index contributed by atoms with van der Waals surface area (Å²) in [5, 5.41) is 0. The second-order valence-electron chi connectivity index (χ2n) is 6.33. The third-order valence-corrected chi connectivity index (χ3v) is 4.45. The molecule has 0 radical (unpaired) electrons. The van der Waals surface area contributed by atoms with Crippen LogP contribution in [0.1, 0.15) is 21.5 Å². The summed E-state index contributed by atoms with van der Waals surface area (Å²) < 4.78 is 0. The summed E-state index contributed by atoms with van der Waals surface area (Å²) in [7, 11) is 0. The molecule has 2 aromatic carbocycles. The molecular formula is C20H26Cl2N2O. The fourth-order valence-corrected chi connectivity index (χ4v) is 2.98. The maximum Gasteiger partial charge on any atom is 0.176 e. The van der Waals surface area contributed by atoms with Crippen molar-refractivity contribution in [1.82, 2.24) is 9.80 Å². The number of carbonyl (C=O) groups excluding carboxylic acids is 1. The number of aryl methyl sites for hydroxylation is 1. The van der Waals surface area contributed by atoms with E-state index < -0.39 is 0 Å². The maximum atomic E-state index is 12.3. The molecule has 1 aliphatic rings. The Kier molecular flexibility index (Phi) is 9.15. The number of carbonyl (C=O) groups is 1. The summed E-state index contributed by atoms with van der Waals surface area (Å²) >= 11 is 0. The summed E-state index contributed by atoms with van der Waals surface area (Å²) in [6.45, 7) is 7.55. The first-order chi connectivity index (χ1) is 11.2. The van der Waals surface area contributed by atoms with E-state index in [-0.39, 0.29) is 30.6 Å². The first-order valence-corrected chi connectivity index (χ1v) is 8.29. The normalized spacial score (nSPS) is 15.1. The van der Waals surface area contributed by atoms with Crippen molar-refractivity contribution in [3.63, 3.8) is 0 Å². The number of piperazine rings is 1. The van der Waals surface area contributed by atoms with Crippen LogP contribution in [-0.2, 0) is 6.54 Å². The molecule has 1 heterocycles. The summed E-state index contributed by atoms with van der Waals surface area (Å²) in [5.74, 6) is 0.224. The third-order valence-electron chi connectivity index (χ3n) is 4.45. The van der Waals surface area contributed by atoms with Crippen molar-refractivity contribution in [2.75, 3.05) is 32.7 Å². The highest BCUT2D eigenvalue weighted by Gasteiger charge is 2.19. The molecule has 3 nitrogen and oxygen atoms in total. The van der Waals surface area contributed by atoms with Gasteiger partial charge < -0.3 is 0 Å². The molecule has 1 saturated heterocycles. The second-order valence-corrected chi connectivity index (χ2v) is 6.33. The zero-order valence-corrected chi connectivity index (χ0v) is 16.2. The first kappa shape index (κ1) is 21.7. The van der Waals surface area contributed by atoms with Gasteiger partial charge in [-0.3, -0.25) is 14.6 Å². The standard InChI is InChI=1S/C20H24N2O.2ClH/c1-17-7-9-19(10-8-17)20(23)16-22-13-11-21(12-14-22)15-18-5-3-2-4-6-18;;/h2-10H,11-16H2,1H3;2*1H. The lowest BCUT2D eigenvalue weighted by molar-refractivity contribution is 0.0844. The molecule has 0 aliphatic carbocycles. The van der Waals surface area contributed by atoms with Gasteiger partial charge in [-0.05, 0) is 12.5 Å². The number of hydrogen-bond acceptors (Lipinski definition) is 3. The average Bonchev–Trinajstić information content (AvgIpc) is 2.58. The Balaban J connectivity index is 0.00000156. The fourth-order valence-electron chi connectivity index (χ4n) is 2.98. The molecule has 0 aromatic heterocycles. The zero-order valence-electron chi connectivity index (χ0n) is 14.6. The van der Waals surface area contributed by atoms with Crippen LogP contribution in [0.4, 0.5) is 0 Å². The Morgan fingerprint density at radius 1 is 0.840 bits per heavy atom. The van der Waals surface area contributed by atoms with Gasteiger partial charge in [0.15, 0.2) is 5.78 Å². The van der Waals surface area contributed by atoms with E-state index in [9.17, 15) is 4.79 Å². The van der Waals surface area contributed by atoms with Gasteiger partial charge in [0.25, 0.3) is 0 Å². The summed E-state index contributed by atoms with van der Waals surface area (Å²) in [6.07, 6.45) is 0. The van der Waals surface area contributed by atoms with Crippen molar-refractivity contribution >= 4 is 30.6 Å². The van der Waals surface area contributed by atoms with Gasteiger partial charge in [-0.15, -0.1) is 24.8 Å². The van der Waals surface area contributed by atoms with E-state index in [4.69, 9.17) is 0 Å². The highest BCUT2D eigenvalue weighted by Crippen LogP contribution is 2.10. The van der Waals surface area contributed by atoms with Crippen molar-refractivity contribution < 1.29 is 4.79 Å². The minimum Gasteiger partial charge on any atom is -0.297 e. The van der Waals surface area contributed by atoms with Gasteiger partial charge in [0.2, 0.25) is 0 Å². The molecule has 5 heteroatoms. The van der Waals surface area contributed by atoms with Crippen LogP contribution in [-0.4, -0.2) is 48.3 Å². The average molecular weight is 381 g/mol. The van der Waals surface area contributed by atoms with Crippen LogP contribution in [0.15, 0.2) is 54.6 Å². The quantitative estimate of drug-likeness (QED) is 0.736. The monoisotopic (exact) mass is 380 g/mol. The lowest BCUT2D eigenvalue weighted by Crippen LogP contribution is -2.47. The largest absolute Gasteiger partial charge is 0.297 e. The van der Waals surface area contributed by atoms with Crippen molar-refractivity contribution in [2.24, 2.45) is 0 Å². The molecule has 0 bridgehead atoms. The van der Waals surface area contributed by atoms with Crippen LogP contribution >= 0.6 is 24.8 Å². The molecule has 25 heavy (non-hydrogen) atoms. The summed E-state index contributed by atoms with van der Waals surface area (Å²) in [6, 6.07) is 18.5. The number of ketones is 1. The van der Waals surface area contributed by atoms with Crippen LogP contribution < -0.4 is 0 Å². The number of Topliss-reactive ketones (excluding diaryl/α,β-unsaturated/α-hetero) is 1. The maximum absolute atomic E-state index is 12.3. The molecule has 1 fully saturated rings. The molecule has 2 aromatic rings. The van der Waals surface area contributed by atoms with Gasteiger partial charge in [0.05, 0.1) is 6.54 Å². The lowest BCUT2D eigenvalue weighted by atomic mass is 10.1. The molecule has 0 unspecified atom stereocenters. The van der Waals surface area contributed by atoms with E-state index in [2.05, 4.69) is 40.1 Å². The van der Waals surface area contributed by atoms with Gasteiger partial charge in [0, 0.05) is 38.3 Å². The van der Waals surface area contributed by atoms with Crippen molar-refractivity contribution in [3.05, 3.63) is 71.3 Å². The van der Waals surface area contributed by atoms with Gasteiger partial charge in [-0.25, -0.2) is 0 Å². The van der Waals surface area contributed by atoms with E-state index in [0.29, 0.717) is 6.54 Å². The number of halogens is 2. The van der Waals surface area contributed by atoms with E-state index in [1.54, 1.807) is 0 Å². The molecule has 0 N–H and O–H groups in total. The predicted molar refractivity (Wildman–Crippen MR) is 108 cm³/mol. The van der Waals surface area contributed by atoms with Gasteiger partial charge in [-0.1, -0.05) is 60.2 Å². The third kappa shape index (κ3) is 6.44. The lowest BCUT2D eigenvalue weighted by Gasteiger charge is -2.34. The van der Waals surface area contributed by atoms with Crippen LogP contribution in [0.3, 0.4) is 0 Å². The molecule has 0 spiro atoms. The molecule has 3 rings (SSSR count). The molecular weight excluding hydrogens is 355 g/mol. The van der Waals surface area contributed by atoms with E-state index >= 15 is 0 Å². The first-order valence-electron chi connectivity index (χ1n) is 8.29. The van der Waals surface area contributed by atoms with Crippen LogP contribution in [0.2, 0.25) is 0 Å². The van der Waals surface area contributed by atoms with Crippen molar-refractivity contribution in [3.8, 4) is 0 Å². The van der Waals surface area contributed by atoms with Crippen molar-refractivity contribution in [2.45, 2.75) is 13.5 Å². The number of benzene rings is 2. The Bertz CT molecular complexity index is 639. The second kappa shape index (κ2) is 10.6. The summed E-state index contributed by atoms with van der Waals surface area (Å²) in [4.78, 5) is 17.1. The Morgan fingerprint density at radius 3 is 2.00 bits per heavy atom. The SMILES string of the molecule is Cc1ccc(C(=O)CN2CCN(Cc3ccccc3)CC2)cc1.Cl.Cl. The zero-order chi connectivity index (χ0) is 16.1. The highest BCUT2D eigenvalue weighted by molar-refractivity contribution is 5.97. The Labute approximate surface area is 162 Å². The molecule has 0 atom stereocenters. The Morgan fingerprint density at radius 2 is 1.40 bits per heavy atom. The minimum absolute atomic E-state index is 0. The summed E-state index contributed by atoms with van der Waals surface area (Å²) in [5.41, 5.74) is 3.37. The van der Waals surface area contributed by atoms with E-state index in [0.717, 1.165) is 38.3 Å². The molecule has 0 amide bonds. The highest BCUT2D eigenvalue weighted by atomic mass is 35.5. The predicted octanol–water partition coefficient (Wildman–Crippen LogP) is 3.84. The minimum atomic E-state index is 0. The Hall–Kier alpha value is -1.39. The van der Waals surface area contributed by atoms with Crippen LogP contribution in [0.5, 0.6) is 0 Å². The van der Waals surface area contributed by atoms with Gasteiger partial charge >= 0.3 is 0 Å². The van der Waals surface area contributed by atoms with E-state index in [1.165, 1.54) is 11.1 Å².